The highest BCUT2D eigenvalue weighted by Crippen LogP contribution is 2.66. The molecule has 0 unspecified atom stereocenters. The number of nitrogens with zero attached hydrogens (tertiary/aromatic N) is 1. The molecule has 39 heavy (non-hydrogen) atoms. The first-order valence-corrected chi connectivity index (χ1v) is 17.9. The Kier molecular flexibility index (Phi) is 6.43. The molecule has 0 fully saturated rings. The van der Waals surface area contributed by atoms with Gasteiger partial charge in [-0.2, -0.15) is 0 Å². The van der Waals surface area contributed by atoms with Crippen molar-refractivity contribution in [2.24, 2.45) is 4.52 Å². The number of hydrogen-bond acceptors (Lipinski definition) is 5. The Labute approximate surface area is 240 Å². The summed E-state index contributed by atoms with van der Waals surface area (Å²) in [5.74, 6) is 2.26. The van der Waals surface area contributed by atoms with E-state index in [-0.39, 0.29) is 10.8 Å². The van der Waals surface area contributed by atoms with E-state index in [9.17, 15) is 0 Å². The molecule has 9 heteroatoms. The summed E-state index contributed by atoms with van der Waals surface area (Å²) < 4.78 is 30.3. The van der Waals surface area contributed by atoms with Crippen LogP contribution in [0.5, 0.6) is 23.0 Å². The SMILES string of the molecule is CC1(C)c2ccc(cc2)OP(=S)(N=P2(S)Oc3ccc(cc3)C(C)(C)c3ccc(cc3)O2)Oc2ccc1cc2. The minimum Gasteiger partial charge on any atom is -0.423 e. The van der Waals surface area contributed by atoms with Gasteiger partial charge in [0, 0.05) is 22.6 Å². The second-order valence-corrected chi connectivity index (χ2v) is 17.0. The predicted molar refractivity (Wildman–Crippen MR) is 165 cm³/mol. The molecule has 8 bridgehead atoms. The lowest BCUT2D eigenvalue weighted by atomic mass is 9.78. The van der Waals surface area contributed by atoms with Crippen molar-refractivity contribution < 1.29 is 18.1 Å². The molecule has 8 heterocycles. The number of benzene rings is 4. The van der Waals surface area contributed by atoms with Crippen molar-refractivity contribution in [2.75, 3.05) is 0 Å². The standard InChI is InChI=1S/C30H29NO4P2S2/c1-29(2)21-5-13-25(14-6-21)32-36(38,33-26-15-7-22(29)8-16-26)31-37(39)34-27-17-9-23(10-18-27)30(3,4)24-11-19-28(35-37)20-12-24/h5-20,38H,1-4H3. The molecule has 200 valence electrons. The molecule has 8 aliphatic rings. The summed E-state index contributed by atoms with van der Waals surface area (Å²) in [6.45, 7) is 2.01. The van der Waals surface area contributed by atoms with E-state index < -0.39 is 13.4 Å². The van der Waals surface area contributed by atoms with Crippen LogP contribution in [0.4, 0.5) is 0 Å². The maximum Gasteiger partial charge on any atom is 0.419 e. The first kappa shape index (κ1) is 26.5. The zero-order valence-corrected chi connectivity index (χ0v) is 25.6. The Bertz CT molecular complexity index is 1520. The van der Waals surface area contributed by atoms with Gasteiger partial charge in [0.15, 0.2) is 0 Å². The van der Waals surface area contributed by atoms with Gasteiger partial charge < -0.3 is 18.1 Å². The molecule has 4 aromatic carbocycles. The first-order valence-electron chi connectivity index (χ1n) is 12.6. The van der Waals surface area contributed by atoms with Crippen molar-refractivity contribution in [3.63, 3.8) is 0 Å². The molecule has 0 N–H and O–H groups in total. The molecule has 4 aromatic rings. The van der Waals surface area contributed by atoms with E-state index in [4.69, 9.17) is 46.7 Å². The molecular formula is C30H29NO4P2S2. The lowest BCUT2D eigenvalue weighted by Crippen LogP contribution is -2.19. The van der Waals surface area contributed by atoms with Gasteiger partial charge in [-0.15, -0.1) is 4.52 Å². The van der Waals surface area contributed by atoms with Crippen LogP contribution in [0.25, 0.3) is 0 Å². The van der Waals surface area contributed by atoms with E-state index in [0.29, 0.717) is 23.0 Å². The van der Waals surface area contributed by atoms with Gasteiger partial charge in [0.25, 0.3) is 0 Å². The van der Waals surface area contributed by atoms with Gasteiger partial charge in [-0.3, -0.25) is 0 Å². The first-order chi connectivity index (χ1) is 18.4. The van der Waals surface area contributed by atoms with E-state index in [1.807, 2.05) is 72.8 Å². The van der Waals surface area contributed by atoms with Crippen LogP contribution < -0.4 is 18.1 Å². The molecule has 0 saturated heterocycles. The van der Waals surface area contributed by atoms with Gasteiger partial charge in [-0.05, 0) is 70.8 Å². The minimum absolute atomic E-state index is 0.181. The highest BCUT2D eigenvalue weighted by molar-refractivity contribution is 8.46. The summed E-state index contributed by atoms with van der Waals surface area (Å²) >= 11 is 10.9. The summed E-state index contributed by atoms with van der Waals surface area (Å²) in [4.78, 5) is 0. The van der Waals surface area contributed by atoms with Crippen LogP contribution in [0, 0.1) is 0 Å². The summed E-state index contributed by atoms with van der Waals surface area (Å²) in [5.41, 5.74) is 4.29. The maximum absolute atomic E-state index is 6.36. The Balaban J connectivity index is 1.48. The molecule has 8 aliphatic heterocycles. The lowest BCUT2D eigenvalue weighted by molar-refractivity contribution is 0.475. The summed E-state index contributed by atoms with van der Waals surface area (Å²) in [5, 5.41) is 0. The Morgan fingerprint density at radius 2 is 0.769 bits per heavy atom. The molecule has 0 atom stereocenters. The van der Waals surface area contributed by atoms with Crippen molar-refractivity contribution in [3.05, 3.63) is 119 Å². The van der Waals surface area contributed by atoms with Gasteiger partial charge >= 0.3 is 13.4 Å². The fourth-order valence-electron chi connectivity index (χ4n) is 4.85. The number of rotatable bonds is 1. The van der Waals surface area contributed by atoms with Crippen LogP contribution in [0.3, 0.4) is 0 Å². The van der Waals surface area contributed by atoms with Crippen molar-refractivity contribution in [2.45, 2.75) is 38.5 Å². The third kappa shape index (κ3) is 5.14. The lowest BCUT2D eigenvalue weighted by Gasteiger charge is -2.30. The average Bonchev–Trinajstić information content (AvgIpc) is 2.88. The van der Waals surface area contributed by atoms with Crippen LogP contribution in [-0.2, 0) is 22.6 Å². The van der Waals surface area contributed by atoms with E-state index in [1.165, 1.54) is 0 Å². The average molecular weight is 594 g/mol. The summed E-state index contributed by atoms with van der Waals surface area (Å²) in [7, 11) is 0. The van der Waals surface area contributed by atoms with Crippen LogP contribution in [0.1, 0.15) is 49.9 Å². The zero-order valence-electron chi connectivity index (χ0n) is 22.1. The Morgan fingerprint density at radius 1 is 0.513 bits per heavy atom. The van der Waals surface area contributed by atoms with Crippen LogP contribution in [0.15, 0.2) is 102 Å². The van der Waals surface area contributed by atoms with Crippen molar-refractivity contribution in [1.29, 1.82) is 0 Å². The van der Waals surface area contributed by atoms with Crippen LogP contribution in [-0.4, -0.2) is 0 Å². The van der Waals surface area contributed by atoms with Crippen LogP contribution >= 0.6 is 25.6 Å². The van der Waals surface area contributed by atoms with Gasteiger partial charge in [0.1, 0.15) is 23.0 Å². The smallest absolute Gasteiger partial charge is 0.419 e. The highest BCUT2D eigenvalue weighted by atomic mass is 32.7. The van der Waals surface area contributed by atoms with E-state index in [1.54, 1.807) is 0 Å². The summed E-state index contributed by atoms with van der Waals surface area (Å²) in [6, 6.07) is 31.6. The molecular weight excluding hydrogens is 564 g/mol. The predicted octanol–water partition coefficient (Wildman–Crippen LogP) is 9.68. The zero-order chi connectivity index (χ0) is 27.5. The maximum atomic E-state index is 6.36. The minimum atomic E-state index is -3.42. The monoisotopic (exact) mass is 593 g/mol. The van der Waals surface area contributed by atoms with E-state index >= 15 is 0 Å². The van der Waals surface area contributed by atoms with E-state index in [2.05, 4.69) is 52.0 Å². The van der Waals surface area contributed by atoms with Crippen molar-refractivity contribution in [3.8, 4) is 23.0 Å². The van der Waals surface area contributed by atoms with Crippen LogP contribution in [0.2, 0.25) is 0 Å². The molecule has 12 rings (SSSR count). The molecule has 0 aliphatic carbocycles. The topological polar surface area (TPSA) is 49.3 Å². The molecule has 0 aromatic heterocycles. The molecule has 0 amide bonds. The normalized spacial score (nSPS) is 19.1. The van der Waals surface area contributed by atoms with E-state index in [0.717, 1.165) is 22.3 Å². The fourth-order valence-corrected chi connectivity index (χ4v) is 11.6. The number of hydrogen-bond donors (Lipinski definition) is 1. The Hall–Kier alpha value is -2.69. The highest BCUT2D eigenvalue weighted by Gasteiger charge is 2.34. The summed E-state index contributed by atoms with van der Waals surface area (Å²) in [6.07, 6.45) is 0. The number of thiol groups is 1. The van der Waals surface area contributed by atoms with Gasteiger partial charge in [-0.1, -0.05) is 88.5 Å². The molecule has 0 spiro atoms. The molecule has 0 saturated carbocycles. The largest absolute Gasteiger partial charge is 0.423 e. The van der Waals surface area contributed by atoms with Crippen molar-refractivity contribution >= 4 is 37.4 Å². The second kappa shape index (κ2) is 9.45. The molecule has 5 nitrogen and oxygen atoms in total. The fraction of sp³-hybridized carbons (Fsp3) is 0.200. The van der Waals surface area contributed by atoms with Gasteiger partial charge in [0.05, 0.1) is 0 Å². The van der Waals surface area contributed by atoms with Gasteiger partial charge in [-0.25, -0.2) is 0 Å². The second-order valence-electron chi connectivity index (χ2n) is 10.8. The molecule has 0 radical (unpaired) electrons. The quantitative estimate of drug-likeness (QED) is 0.176. The third-order valence-corrected chi connectivity index (χ3v) is 13.3. The third-order valence-electron chi connectivity index (χ3n) is 7.42. The van der Waals surface area contributed by atoms with Crippen molar-refractivity contribution in [1.82, 2.24) is 0 Å². The van der Waals surface area contributed by atoms with Gasteiger partial charge in [0.2, 0.25) is 0 Å². The Morgan fingerprint density at radius 3 is 1.05 bits per heavy atom.